The summed E-state index contributed by atoms with van der Waals surface area (Å²) in [4.78, 5) is 14.5. The molecule has 6 heteroatoms. The van der Waals surface area contributed by atoms with Crippen LogP contribution >= 0.6 is 11.6 Å². The van der Waals surface area contributed by atoms with E-state index >= 15 is 0 Å². The zero-order chi connectivity index (χ0) is 19.1. The number of esters is 1. The van der Waals surface area contributed by atoms with Crippen molar-refractivity contribution in [2.45, 2.75) is 25.7 Å². The van der Waals surface area contributed by atoms with Crippen molar-refractivity contribution in [2.24, 2.45) is 0 Å². The van der Waals surface area contributed by atoms with Gasteiger partial charge in [-0.25, -0.2) is 4.79 Å². The van der Waals surface area contributed by atoms with Gasteiger partial charge in [0.15, 0.2) is 6.10 Å². The van der Waals surface area contributed by atoms with E-state index < -0.39 is 12.1 Å². The first-order valence-electron chi connectivity index (χ1n) is 9.07. The second-order valence-corrected chi connectivity index (χ2v) is 7.00. The molecule has 27 heavy (non-hydrogen) atoms. The molecule has 0 spiro atoms. The molecular weight excluding hydrogens is 366 g/mol. The van der Waals surface area contributed by atoms with Gasteiger partial charge in [0.25, 0.3) is 0 Å². The zero-order valence-electron chi connectivity index (χ0n) is 15.3. The number of benzene rings is 2. The molecule has 2 aromatic carbocycles. The van der Waals surface area contributed by atoms with E-state index in [-0.39, 0.29) is 12.7 Å². The van der Waals surface area contributed by atoms with Gasteiger partial charge >= 0.3 is 5.97 Å². The second-order valence-electron chi connectivity index (χ2n) is 6.56. The van der Waals surface area contributed by atoms with E-state index in [9.17, 15) is 4.79 Å². The molecule has 0 bridgehead atoms. The van der Waals surface area contributed by atoms with Crippen LogP contribution in [0, 0.1) is 0 Å². The Morgan fingerprint density at radius 1 is 1.26 bits per heavy atom. The van der Waals surface area contributed by atoms with Crippen LogP contribution in [-0.4, -0.2) is 49.4 Å². The van der Waals surface area contributed by atoms with Crippen LogP contribution in [0.15, 0.2) is 54.6 Å². The normalized spacial score (nSPS) is 18.7. The number of nitrogens with zero attached hydrogens (tertiary/aromatic N) is 1. The maximum absolute atomic E-state index is 12.2. The van der Waals surface area contributed by atoms with Gasteiger partial charge < -0.3 is 14.2 Å². The predicted molar refractivity (Wildman–Crippen MR) is 104 cm³/mol. The molecule has 144 valence electrons. The first-order valence-corrected chi connectivity index (χ1v) is 9.44. The van der Waals surface area contributed by atoms with Crippen molar-refractivity contribution >= 4 is 17.6 Å². The van der Waals surface area contributed by atoms with Crippen molar-refractivity contribution in [1.82, 2.24) is 4.90 Å². The Morgan fingerprint density at radius 3 is 2.85 bits per heavy atom. The van der Waals surface area contributed by atoms with E-state index in [0.717, 1.165) is 19.6 Å². The average molecular weight is 390 g/mol. The summed E-state index contributed by atoms with van der Waals surface area (Å²) in [5.41, 5.74) is 1.26. The van der Waals surface area contributed by atoms with Crippen LogP contribution in [0.25, 0.3) is 0 Å². The Balaban J connectivity index is 1.43. The van der Waals surface area contributed by atoms with Crippen molar-refractivity contribution in [1.29, 1.82) is 0 Å². The molecule has 1 aliphatic heterocycles. The lowest BCUT2D eigenvalue weighted by atomic mass is 10.2. The van der Waals surface area contributed by atoms with Gasteiger partial charge in [-0.3, -0.25) is 4.90 Å². The Morgan fingerprint density at radius 2 is 2.07 bits per heavy atom. The molecule has 1 heterocycles. The standard InChI is InChI=1S/C21H24ClNO4/c1-16(27-19-9-5-8-18(22)12-19)21(24)26-15-20-14-23(10-11-25-20)13-17-6-3-2-4-7-17/h2-9,12,16,20H,10-11,13-15H2,1H3. The summed E-state index contributed by atoms with van der Waals surface area (Å²) in [6, 6.07) is 17.2. The lowest BCUT2D eigenvalue weighted by Crippen LogP contribution is -2.44. The molecule has 1 fully saturated rings. The SMILES string of the molecule is CC(Oc1cccc(Cl)c1)C(=O)OCC1CN(Cc2ccccc2)CCO1. The first-order chi connectivity index (χ1) is 13.1. The number of hydrogen-bond acceptors (Lipinski definition) is 5. The molecular formula is C21H24ClNO4. The highest BCUT2D eigenvalue weighted by molar-refractivity contribution is 6.30. The average Bonchev–Trinajstić information content (AvgIpc) is 2.67. The monoisotopic (exact) mass is 389 g/mol. The number of rotatable bonds is 7. The second kappa shape index (κ2) is 9.74. The van der Waals surface area contributed by atoms with Gasteiger partial charge in [0, 0.05) is 24.7 Å². The van der Waals surface area contributed by atoms with E-state index in [4.69, 9.17) is 25.8 Å². The molecule has 2 aromatic rings. The molecule has 0 aromatic heterocycles. The van der Waals surface area contributed by atoms with E-state index in [0.29, 0.717) is 17.4 Å². The lowest BCUT2D eigenvalue weighted by molar-refractivity contribution is -0.157. The number of ether oxygens (including phenoxy) is 3. The van der Waals surface area contributed by atoms with Gasteiger partial charge in [-0.15, -0.1) is 0 Å². The zero-order valence-corrected chi connectivity index (χ0v) is 16.1. The van der Waals surface area contributed by atoms with Crippen molar-refractivity contribution in [3.8, 4) is 5.75 Å². The largest absolute Gasteiger partial charge is 0.479 e. The molecule has 0 saturated carbocycles. The highest BCUT2D eigenvalue weighted by Crippen LogP contribution is 2.19. The van der Waals surface area contributed by atoms with Crippen LogP contribution in [0.2, 0.25) is 5.02 Å². The number of morpholine rings is 1. The van der Waals surface area contributed by atoms with Gasteiger partial charge in [0.1, 0.15) is 18.5 Å². The van der Waals surface area contributed by atoms with Gasteiger partial charge in [0.05, 0.1) is 6.61 Å². The molecule has 0 aliphatic carbocycles. The fourth-order valence-electron chi connectivity index (χ4n) is 2.95. The van der Waals surface area contributed by atoms with E-state index in [2.05, 4.69) is 17.0 Å². The number of halogens is 1. The third kappa shape index (κ3) is 6.24. The van der Waals surface area contributed by atoms with Crippen molar-refractivity contribution in [3.05, 3.63) is 65.2 Å². The maximum Gasteiger partial charge on any atom is 0.347 e. The molecule has 5 nitrogen and oxygen atoms in total. The predicted octanol–water partition coefficient (Wildman–Crippen LogP) is 3.55. The Kier molecular flexibility index (Phi) is 7.10. The molecule has 0 radical (unpaired) electrons. The molecule has 3 rings (SSSR count). The van der Waals surface area contributed by atoms with Crippen LogP contribution < -0.4 is 4.74 Å². The summed E-state index contributed by atoms with van der Waals surface area (Å²) in [5, 5.41) is 0.558. The first kappa shape index (κ1) is 19.7. The Hall–Kier alpha value is -2.08. The van der Waals surface area contributed by atoms with Crippen LogP contribution in [0.1, 0.15) is 12.5 Å². The molecule has 1 saturated heterocycles. The smallest absolute Gasteiger partial charge is 0.347 e. The number of carbonyl (C=O) groups excluding carboxylic acids is 1. The van der Waals surface area contributed by atoms with Crippen molar-refractivity contribution < 1.29 is 19.0 Å². The number of hydrogen-bond donors (Lipinski definition) is 0. The molecule has 1 aliphatic rings. The summed E-state index contributed by atoms with van der Waals surface area (Å²) < 4.78 is 16.7. The van der Waals surface area contributed by atoms with Crippen LogP contribution in [0.4, 0.5) is 0 Å². The maximum atomic E-state index is 12.2. The minimum absolute atomic E-state index is 0.134. The van der Waals surface area contributed by atoms with E-state index in [1.807, 2.05) is 18.2 Å². The summed E-state index contributed by atoms with van der Waals surface area (Å²) >= 11 is 5.92. The fourth-order valence-corrected chi connectivity index (χ4v) is 3.13. The van der Waals surface area contributed by atoms with Gasteiger partial charge in [0.2, 0.25) is 0 Å². The lowest BCUT2D eigenvalue weighted by Gasteiger charge is -2.32. The highest BCUT2D eigenvalue weighted by atomic mass is 35.5. The third-order valence-electron chi connectivity index (χ3n) is 4.32. The van der Waals surface area contributed by atoms with Crippen LogP contribution in [0.5, 0.6) is 5.75 Å². The van der Waals surface area contributed by atoms with Gasteiger partial charge in [-0.1, -0.05) is 48.0 Å². The molecule has 2 atom stereocenters. The molecule has 2 unspecified atom stereocenters. The van der Waals surface area contributed by atoms with Crippen molar-refractivity contribution in [2.75, 3.05) is 26.3 Å². The number of carbonyl (C=O) groups is 1. The van der Waals surface area contributed by atoms with E-state index in [1.165, 1.54) is 5.56 Å². The highest BCUT2D eigenvalue weighted by Gasteiger charge is 2.24. The quantitative estimate of drug-likeness (QED) is 0.678. The van der Waals surface area contributed by atoms with Gasteiger partial charge in [-0.05, 0) is 30.7 Å². The Labute approximate surface area is 164 Å². The Bertz CT molecular complexity index is 740. The minimum atomic E-state index is -0.715. The van der Waals surface area contributed by atoms with Gasteiger partial charge in [-0.2, -0.15) is 0 Å². The fraction of sp³-hybridized carbons (Fsp3) is 0.381. The minimum Gasteiger partial charge on any atom is -0.479 e. The molecule has 0 amide bonds. The summed E-state index contributed by atoms with van der Waals surface area (Å²) in [5.74, 6) is 0.119. The summed E-state index contributed by atoms with van der Waals surface area (Å²) in [6.07, 6.45) is -0.850. The van der Waals surface area contributed by atoms with Crippen LogP contribution in [-0.2, 0) is 20.8 Å². The van der Waals surface area contributed by atoms with Crippen LogP contribution in [0.3, 0.4) is 0 Å². The summed E-state index contributed by atoms with van der Waals surface area (Å²) in [7, 11) is 0. The topological polar surface area (TPSA) is 48.0 Å². The third-order valence-corrected chi connectivity index (χ3v) is 4.56. The van der Waals surface area contributed by atoms with E-state index in [1.54, 1.807) is 31.2 Å². The van der Waals surface area contributed by atoms with Crippen molar-refractivity contribution in [3.63, 3.8) is 0 Å². The molecule has 0 N–H and O–H groups in total. The summed E-state index contributed by atoms with van der Waals surface area (Å²) in [6.45, 7) is 4.96.